The summed E-state index contributed by atoms with van der Waals surface area (Å²) in [4.78, 5) is 33.9. The second kappa shape index (κ2) is 8.95. The highest BCUT2D eigenvalue weighted by Gasteiger charge is 2.46. The topological polar surface area (TPSA) is 83.0 Å². The maximum atomic E-state index is 12.9. The van der Waals surface area contributed by atoms with E-state index < -0.39 is 17.7 Å². The highest BCUT2D eigenvalue weighted by molar-refractivity contribution is 6.46. The average molecular weight is 428 g/mol. The number of ether oxygens (including phenoxy) is 1. The van der Waals surface area contributed by atoms with Crippen molar-refractivity contribution in [3.63, 3.8) is 0 Å². The van der Waals surface area contributed by atoms with Crippen LogP contribution >= 0.6 is 11.6 Å². The number of aromatic nitrogens is 1. The van der Waals surface area contributed by atoms with Crippen LogP contribution in [0.25, 0.3) is 5.76 Å². The van der Waals surface area contributed by atoms with Gasteiger partial charge in [-0.25, -0.2) is 0 Å². The van der Waals surface area contributed by atoms with Crippen LogP contribution < -0.4 is 0 Å². The summed E-state index contributed by atoms with van der Waals surface area (Å²) in [6.07, 6.45) is 1.61. The quantitative estimate of drug-likeness (QED) is 0.448. The van der Waals surface area contributed by atoms with Gasteiger partial charge in [-0.05, 0) is 36.4 Å². The summed E-state index contributed by atoms with van der Waals surface area (Å²) >= 11 is 5.94. The first-order chi connectivity index (χ1) is 14.6. The first kappa shape index (κ1) is 20.5. The van der Waals surface area contributed by atoms with Crippen LogP contribution in [-0.4, -0.2) is 71.0 Å². The molecule has 2 saturated heterocycles. The lowest BCUT2D eigenvalue weighted by molar-refractivity contribution is -0.140. The molecule has 1 aromatic carbocycles. The number of likely N-dealkylation sites (tertiary alicyclic amines) is 1. The van der Waals surface area contributed by atoms with Gasteiger partial charge in [-0.1, -0.05) is 17.7 Å². The van der Waals surface area contributed by atoms with Crippen molar-refractivity contribution in [2.24, 2.45) is 0 Å². The Morgan fingerprint density at radius 3 is 2.50 bits per heavy atom. The van der Waals surface area contributed by atoms with Crippen LogP contribution in [0.15, 0.2) is 54.2 Å². The molecule has 0 aliphatic carbocycles. The van der Waals surface area contributed by atoms with E-state index in [1.165, 1.54) is 4.90 Å². The number of rotatable bonds is 5. The Hall–Kier alpha value is -2.74. The van der Waals surface area contributed by atoms with E-state index in [4.69, 9.17) is 16.3 Å². The summed E-state index contributed by atoms with van der Waals surface area (Å²) in [6, 6.07) is 11.1. The van der Waals surface area contributed by atoms with E-state index in [2.05, 4.69) is 9.88 Å². The molecular formula is C22H22ClN3O4. The molecule has 30 heavy (non-hydrogen) atoms. The summed E-state index contributed by atoms with van der Waals surface area (Å²) in [5, 5.41) is 11.5. The van der Waals surface area contributed by atoms with E-state index in [1.807, 2.05) is 0 Å². The largest absolute Gasteiger partial charge is 0.507 e. The van der Waals surface area contributed by atoms with Gasteiger partial charge in [0.1, 0.15) is 11.8 Å². The predicted molar refractivity (Wildman–Crippen MR) is 112 cm³/mol. The standard InChI is InChI=1S/C22H22ClN3O4/c23-16-6-4-15(5-7-16)20(27)18-19(17-3-1-2-8-24-17)26(22(29)21(18)28)10-9-25-11-13-30-14-12-25/h1-8,19,27H,9-14H2/t19-/m1/s1. The van der Waals surface area contributed by atoms with Gasteiger partial charge in [0.2, 0.25) is 0 Å². The molecule has 4 rings (SSSR count). The normalized spacial score (nSPS) is 21.9. The number of aliphatic hydroxyl groups is 1. The molecule has 2 fully saturated rings. The highest BCUT2D eigenvalue weighted by atomic mass is 35.5. The van der Waals surface area contributed by atoms with Crippen LogP contribution in [0.1, 0.15) is 17.3 Å². The summed E-state index contributed by atoms with van der Waals surface area (Å²) in [5.41, 5.74) is 1.00. The minimum Gasteiger partial charge on any atom is -0.507 e. The molecule has 1 N–H and O–H groups in total. The summed E-state index contributed by atoms with van der Waals surface area (Å²) in [6.45, 7) is 3.83. The van der Waals surface area contributed by atoms with Gasteiger partial charge in [0.05, 0.1) is 24.5 Å². The molecule has 1 aromatic heterocycles. The number of amides is 1. The predicted octanol–water partition coefficient (Wildman–Crippen LogP) is 2.49. The molecule has 0 spiro atoms. The number of pyridine rings is 1. The van der Waals surface area contributed by atoms with Gasteiger partial charge in [0, 0.05) is 43.0 Å². The molecule has 1 atom stereocenters. The van der Waals surface area contributed by atoms with Crippen LogP contribution in [0.3, 0.4) is 0 Å². The molecule has 0 unspecified atom stereocenters. The van der Waals surface area contributed by atoms with E-state index >= 15 is 0 Å². The number of carbonyl (C=O) groups excluding carboxylic acids is 2. The van der Waals surface area contributed by atoms with Gasteiger partial charge in [-0.15, -0.1) is 0 Å². The Labute approximate surface area is 179 Å². The van der Waals surface area contributed by atoms with E-state index in [0.29, 0.717) is 42.6 Å². The lowest BCUT2D eigenvalue weighted by Crippen LogP contribution is -2.42. The number of hydrogen-bond donors (Lipinski definition) is 1. The number of benzene rings is 1. The SMILES string of the molecule is O=C1C(=O)N(CCN2CCOCC2)[C@H](c2ccccn2)C1=C(O)c1ccc(Cl)cc1. The van der Waals surface area contributed by atoms with Gasteiger partial charge < -0.3 is 14.7 Å². The van der Waals surface area contributed by atoms with Crippen molar-refractivity contribution in [1.82, 2.24) is 14.8 Å². The fourth-order valence-electron chi connectivity index (χ4n) is 3.79. The Balaban J connectivity index is 1.71. The molecule has 0 radical (unpaired) electrons. The van der Waals surface area contributed by atoms with Gasteiger partial charge >= 0.3 is 0 Å². The number of hydrogen-bond acceptors (Lipinski definition) is 6. The zero-order valence-corrected chi connectivity index (χ0v) is 17.1. The molecule has 1 amide bonds. The molecule has 156 valence electrons. The summed E-state index contributed by atoms with van der Waals surface area (Å²) in [5.74, 6) is -1.57. The Bertz CT molecular complexity index is 956. The first-order valence-electron chi connectivity index (χ1n) is 9.81. The van der Waals surface area contributed by atoms with Gasteiger partial charge in [-0.3, -0.25) is 19.5 Å². The van der Waals surface area contributed by atoms with Crippen LogP contribution in [0.2, 0.25) is 5.02 Å². The second-order valence-electron chi connectivity index (χ2n) is 7.21. The summed E-state index contributed by atoms with van der Waals surface area (Å²) < 4.78 is 5.37. The minimum atomic E-state index is -0.747. The molecule has 2 aliphatic heterocycles. The van der Waals surface area contributed by atoms with Crippen molar-refractivity contribution in [1.29, 1.82) is 0 Å². The first-order valence-corrected chi connectivity index (χ1v) is 10.2. The third-order valence-electron chi connectivity index (χ3n) is 5.39. The number of halogens is 1. The molecular weight excluding hydrogens is 406 g/mol. The Morgan fingerprint density at radius 2 is 1.83 bits per heavy atom. The van der Waals surface area contributed by atoms with Crippen LogP contribution in [0.4, 0.5) is 0 Å². The monoisotopic (exact) mass is 427 g/mol. The van der Waals surface area contributed by atoms with Crippen molar-refractivity contribution < 1.29 is 19.4 Å². The lowest BCUT2D eigenvalue weighted by atomic mass is 9.98. The van der Waals surface area contributed by atoms with Crippen LogP contribution in [-0.2, 0) is 14.3 Å². The average Bonchev–Trinajstić information content (AvgIpc) is 3.04. The van der Waals surface area contributed by atoms with E-state index in [0.717, 1.165) is 13.1 Å². The van der Waals surface area contributed by atoms with Gasteiger partial charge in [0.15, 0.2) is 0 Å². The third kappa shape index (κ3) is 4.09. The van der Waals surface area contributed by atoms with Crippen LogP contribution in [0.5, 0.6) is 0 Å². The number of Topliss-reactive ketones (excluding diaryl/α,β-unsaturated/α-hetero) is 1. The lowest BCUT2D eigenvalue weighted by Gasteiger charge is -2.30. The maximum Gasteiger partial charge on any atom is 0.295 e. The molecule has 3 heterocycles. The second-order valence-corrected chi connectivity index (χ2v) is 7.64. The highest BCUT2D eigenvalue weighted by Crippen LogP contribution is 2.38. The van der Waals surface area contributed by atoms with E-state index in [9.17, 15) is 14.7 Å². The van der Waals surface area contributed by atoms with E-state index in [1.54, 1.807) is 48.7 Å². The molecule has 2 aliphatic rings. The molecule has 8 heteroatoms. The molecule has 2 aromatic rings. The fourth-order valence-corrected chi connectivity index (χ4v) is 3.92. The third-order valence-corrected chi connectivity index (χ3v) is 5.64. The number of ketones is 1. The van der Waals surface area contributed by atoms with Crippen molar-refractivity contribution >= 4 is 29.1 Å². The van der Waals surface area contributed by atoms with Crippen LogP contribution in [0, 0.1) is 0 Å². The zero-order valence-electron chi connectivity index (χ0n) is 16.3. The maximum absolute atomic E-state index is 12.9. The fraction of sp³-hybridized carbons (Fsp3) is 0.318. The van der Waals surface area contributed by atoms with Crippen molar-refractivity contribution in [3.05, 3.63) is 70.5 Å². The van der Waals surface area contributed by atoms with E-state index in [-0.39, 0.29) is 11.3 Å². The summed E-state index contributed by atoms with van der Waals surface area (Å²) in [7, 11) is 0. The Morgan fingerprint density at radius 1 is 1.10 bits per heavy atom. The van der Waals surface area contributed by atoms with Crippen molar-refractivity contribution in [2.45, 2.75) is 6.04 Å². The van der Waals surface area contributed by atoms with Gasteiger partial charge in [0.25, 0.3) is 11.7 Å². The van der Waals surface area contributed by atoms with Crippen molar-refractivity contribution in [2.75, 3.05) is 39.4 Å². The number of aliphatic hydroxyl groups excluding tert-OH is 1. The smallest absolute Gasteiger partial charge is 0.295 e. The van der Waals surface area contributed by atoms with Gasteiger partial charge in [-0.2, -0.15) is 0 Å². The molecule has 0 saturated carbocycles. The Kier molecular flexibility index (Phi) is 6.13. The number of morpholine rings is 1. The number of carbonyl (C=O) groups is 2. The molecule has 7 nitrogen and oxygen atoms in total. The molecule has 0 bridgehead atoms. The zero-order chi connectivity index (χ0) is 21.1. The minimum absolute atomic E-state index is 0.0444. The number of nitrogens with zero attached hydrogens (tertiary/aromatic N) is 3. The van der Waals surface area contributed by atoms with Crippen molar-refractivity contribution in [3.8, 4) is 0 Å².